The minimum absolute atomic E-state index is 0.307. The Balaban J connectivity index is 0.000000585. The number of hydrogen-bond acceptors (Lipinski definition) is 6. The second-order valence-corrected chi connectivity index (χ2v) is 4.65. The lowest BCUT2D eigenvalue weighted by molar-refractivity contribution is -0.192. The predicted octanol–water partition coefficient (Wildman–Crippen LogP) is -0.196. The second kappa shape index (κ2) is 9.30. The molecule has 3 atom stereocenters. The van der Waals surface area contributed by atoms with Crippen molar-refractivity contribution in [2.45, 2.75) is 44.1 Å². The van der Waals surface area contributed by atoms with E-state index in [2.05, 4.69) is 10.1 Å². The van der Waals surface area contributed by atoms with Gasteiger partial charge >= 0.3 is 18.1 Å². The summed E-state index contributed by atoms with van der Waals surface area (Å²) in [5.74, 6) is -3.60. The largest absolute Gasteiger partial charge is 0.490 e. The zero-order chi connectivity index (χ0) is 18.2. The van der Waals surface area contributed by atoms with Gasteiger partial charge in [0.15, 0.2) is 6.10 Å². The van der Waals surface area contributed by atoms with E-state index in [9.17, 15) is 22.8 Å². The monoisotopic (exact) mass is 344 g/mol. The molecule has 0 unspecified atom stereocenters. The van der Waals surface area contributed by atoms with Crippen LogP contribution in [0.1, 0.15) is 19.8 Å². The van der Waals surface area contributed by atoms with Crippen LogP contribution in [0.15, 0.2) is 0 Å². The van der Waals surface area contributed by atoms with Crippen LogP contribution in [0, 0.1) is 0 Å². The molecule has 0 spiro atoms. The highest BCUT2D eigenvalue weighted by Crippen LogP contribution is 2.13. The van der Waals surface area contributed by atoms with Crippen molar-refractivity contribution in [2.75, 3.05) is 13.7 Å². The Morgan fingerprint density at radius 3 is 2.30 bits per heavy atom. The number of alkyl halides is 3. The van der Waals surface area contributed by atoms with Crippen molar-refractivity contribution >= 4 is 17.8 Å². The first kappa shape index (κ1) is 21.1. The van der Waals surface area contributed by atoms with Gasteiger partial charge in [0.1, 0.15) is 6.04 Å². The molecule has 0 aromatic heterocycles. The molecule has 0 radical (unpaired) electrons. The first-order valence-electron chi connectivity index (χ1n) is 6.56. The summed E-state index contributed by atoms with van der Waals surface area (Å²) in [5, 5.41) is 9.64. The summed E-state index contributed by atoms with van der Waals surface area (Å²) in [6, 6.07) is -0.992. The number of rotatable bonds is 3. The third-order valence-corrected chi connectivity index (χ3v) is 2.78. The number of carbonyl (C=O) groups excluding carboxylic acids is 2. The van der Waals surface area contributed by atoms with E-state index in [1.807, 2.05) is 0 Å². The van der Waals surface area contributed by atoms with E-state index in [1.165, 1.54) is 7.11 Å². The minimum atomic E-state index is -5.08. The molecule has 1 heterocycles. The van der Waals surface area contributed by atoms with Gasteiger partial charge in [0, 0.05) is 12.6 Å². The number of nitrogens with one attached hydrogen (secondary N) is 1. The standard InChI is InChI=1S/C10H18N2O4.C2HF3O2/c1-6(10(14)15-2)12-9(13)8-7(11)4-3-5-16-8;3-2(4,5)1(6)7/h6-8H,3-5,11H2,1-2H3,(H,12,13);(H,6,7)/t6-,7+,8+;/m1./s1. The van der Waals surface area contributed by atoms with E-state index in [0.717, 1.165) is 12.8 Å². The summed E-state index contributed by atoms with van der Waals surface area (Å²) < 4.78 is 41.5. The van der Waals surface area contributed by atoms with Gasteiger partial charge in [0.05, 0.1) is 7.11 Å². The zero-order valence-corrected chi connectivity index (χ0v) is 12.6. The average Bonchev–Trinajstić information content (AvgIpc) is 2.46. The van der Waals surface area contributed by atoms with Gasteiger partial charge in [0.2, 0.25) is 0 Å². The normalized spacial score (nSPS) is 22.2. The molecule has 4 N–H and O–H groups in total. The van der Waals surface area contributed by atoms with Gasteiger partial charge in [-0.05, 0) is 19.8 Å². The van der Waals surface area contributed by atoms with Crippen molar-refractivity contribution in [2.24, 2.45) is 5.73 Å². The number of amides is 1. The van der Waals surface area contributed by atoms with E-state index in [-0.39, 0.29) is 11.9 Å². The molecule has 0 aromatic carbocycles. The fraction of sp³-hybridized carbons (Fsp3) is 0.750. The number of ether oxygens (including phenoxy) is 2. The third kappa shape index (κ3) is 7.79. The van der Waals surface area contributed by atoms with Crippen LogP contribution < -0.4 is 11.1 Å². The van der Waals surface area contributed by atoms with Crippen molar-refractivity contribution in [1.29, 1.82) is 0 Å². The number of esters is 1. The second-order valence-electron chi connectivity index (χ2n) is 4.65. The molecule has 1 rings (SSSR count). The van der Waals surface area contributed by atoms with Crippen LogP contribution in [-0.2, 0) is 23.9 Å². The summed E-state index contributed by atoms with van der Waals surface area (Å²) in [4.78, 5) is 31.7. The van der Waals surface area contributed by atoms with Crippen molar-refractivity contribution in [3.63, 3.8) is 0 Å². The summed E-state index contributed by atoms with van der Waals surface area (Å²) in [6.07, 6.45) is -4.14. The fourth-order valence-electron chi connectivity index (χ4n) is 1.61. The fourth-order valence-corrected chi connectivity index (χ4v) is 1.61. The Bertz CT molecular complexity index is 430. The van der Waals surface area contributed by atoms with E-state index in [0.29, 0.717) is 6.61 Å². The number of carbonyl (C=O) groups is 3. The summed E-state index contributed by atoms with van der Waals surface area (Å²) in [7, 11) is 1.27. The van der Waals surface area contributed by atoms with Crippen molar-refractivity contribution in [3.05, 3.63) is 0 Å². The molecular formula is C12H19F3N2O6. The molecule has 1 fully saturated rings. The maximum Gasteiger partial charge on any atom is 0.490 e. The van der Waals surface area contributed by atoms with E-state index < -0.39 is 30.3 Å². The Morgan fingerprint density at radius 1 is 1.39 bits per heavy atom. The van der Waals surface area contributed by atoms with Crippen LogP contribution in [0.2, 0.25) is 0 Å². The van der Waals surface area contributed by atoms with Crippen LogP contribution in [0.5, 0.6) is 0 Å². The number of nitrogens with two attached hydrogens (primary N) is 1. The molecular weight excluding hydrogens is 325 g/mol. The molecule has 1 aliphatic rings. The molecule has 8 nitrogen and oxygen atoms in total. The van der Waals surface area contributed by atoms with E-state index in [4.69, 9.17) is 20.4 Å². The summed E-state index contributed by atoms with van der Waals surface area (Å²) in [5.41, 5.74) is 5.76. The van der Waals surface area contributed by atoms with Crippen molar-refractivity contribution in [1.82, 2.24) is 5.32 Å². The number of carboxylic acids is 1. The Hall–Kier alpha value is -1.88. The summed E-state index contributed by atoms with van der Waals surface area (Å²) in [6.45, 7) is 2.08. The topological polar surface area (TPSA) is 128 Å². The van der Waals surface area contributed by atoms with E-state index >= 15 is 0 Å². The molecule has 23 heavy (non-hydrogen) atoms. The van der Waals surface area contributed by atoms with Crippen molar-refractivity contribution < 1.29 is 42.1 Å². The number of carboxylic acid groups (broad SMARTS) is 1. The number of methoxy groups -OCH3 is 1. The van der Waals surface area contributed by atoms with Gasteiger partial charge in [0.25, 0.3) is 5.91 Å². The summed E-state index contributed by atoms with van der Waals surface area (Å²) >= 11 is 0. The third-order valence-electron chi connectivity index (χ3n) is 2.78. The first-order valence-corrected chi connectivity index (χ1v) is 6.56. The van der Waals surface area contributed by atoms with Gasteiger partial charge in [-0.3, -0.25) is 4.79 Å². The Labute approximate surface area is 130 Å². The highest BCUT2D eigenvalue weighted by molar-refractivity contribution is 5.87. The molecule has 0 aliphatic carbocycles. The zero-order valence-electron chi connectivity index (χ0n) is 12.6. The van der Waals surface area contributed by atoms with Crippen LogP contribution in [0.25, 0.3) is 0 Å². The maximum absolute atomic E-state index is 11.7. The highest BCUT2D eigenvalue weighted by Gasteiger charge is 2.38. The molecule has 1 aliphatic heterocycles. The minimum Gasteiger partial charge on any atom is -0.475 e. The Morgan fingerprint density at radius 2 is 1.91 bits per heavy atom. The first-order chi connectivity index (χ1) is 10.5. The van der Waals surface area contributed by atoms with E-state index in [1.54, 1.807) is 6.92 Å². The van der Waals surface area contributed by atoms with Crippen LogP contribution in [0.4, 0.5) is 13.2 Å². The number of hydrogen-bond donors (Lipinski definition) is 3. The molecule has 0 aromatic rings. The number of aliphatic carboxylic acids is 1. The maximum atomic E-state index is 11.7. The lowest BCUT2D eigenvalue weighted by atomic mass is 10.0. The average molecular weight is 344 g/mol. The van der Waals surface area contributed by atoms with Crippen molar-refractivity contribution in [3.8, 4) is 0 Å². The molecule has 0 saturated carbocycles. The molecule has 1 amide bonds. The quantitative estimate of drug-likeness (QED) is 0.605. The lowest BCUT2D eigenvalue weighted by Crippen LogP contribution is -2.53. The predicted molar refractivity (Wildman–Crippen MR) is 70.3 cm³/mol. The lowest BCUT2D eigenvalue weighted by Gasteiger charge is -2.28. The SMILES string of the molecule is COC(=O)[C@@H](C)NC(=O)[C@H]1OCCC[C@@H]1N.O=C(O)C(F)(F)F. The highest BCUT2D eigenvalue weighted by atomic mass is 19.4. The number of halogens is 3. The molecule has 0 bridgehead atoms. The van der Waals surface area contributed by atoms with Gasteiger partial charge < -0.3 is 25.6 Å². The van der Waals surface area contributed by atoms with Gasteiger partial charge in [-0.1, -0.05) is 0 Å². The van der Waals surface area contributed by atoms with Crippen LogP contribution in [0.3, 0.4) is 0 Å². The smallest absolute Gasteiger partial charge is 0.475 e. The van der Waals surface area contributed by atoms with Gasteiger partial charge in [-0.2, -0.15) is 13.2 Å². The molecule has 134 valence electrons. The van der Waals surface area contributed by atoms with Crippen LogP contribution in [-0.4, -0.2) is 61.0 Å². The van der Waals surface area contributed by atoms with Crippen LogP contribution >= 0.6 is 0 Å². The Kier molecular flexibility index (Phi) is 8.54. The van der Waals surface area contributed by atoms with Gasteiger partial charge in [-0.25, -0.2) is 9.59 Å². The van der Waals surface area contributed by atoms with Gasteiger partial charge in [-0.15, -0.1) is 0 Å². The molecule has 11 heteroatoms. The molecule has 1 saturated heterocycles.